The lowest BCUT2D eigenvalue weighted by atomic mass is 9.94. The van der Waals surface area contributed by atoms with E-state index < -0.39 is 28.5 Å². The highest BCUT2D eigenvalue weighted by molar-refractivity contribution is 7.92. The number of rotatable bonds is 11. The molecule has 0 saturated heterocycles. The van der Waals surface area contributed by atoms with Crippen molar-refractivity contribution in [2.45, 2.75) is 64.1 Å². The zero-order valence-electron chi connectivity index (χ0n) is 23.6. The summed E-state index contributed by atoms with van der Waals surface area (Å²) >= 11 is 6.32. The summed E-state index contributed by atoms with van der Waals surface area (Å²) in [6.07, 6.45) is 6.45. The lowest BCUT2D eigenvalue weighted by Crippen LogP contribution is -2.55. The van der Waals surface area contributed by atoms with E-state index in [-0.39, 0.29) is 18.5 Å². The van der Waals surface area contributed by atoms with Crippen molar-refractivity contribution in [3.05, 3.63) is 101 Å². The van der Waals surface area contributed by atoms with Crippen molar-refractivity contribution in [3.63, 3.8) is 0 Å². The van der Waals surface area contributed by atoms with Crippen LogP contribution in [0, 0.1) is 6.92 Å². The summed E-state index contributed by atoms with van der Waals surface area (Å²) in [5.74, 6) is -0.704. The van der Waals surface area contributed by atoms with E-state index in [9.17, 15) is 18.0 Å². The van der Waals surface area contributed by atoms with Gasteiger partial charge >= 0.3 is 0 Å². The molecule has 0 aromatic heterocycles. The Balaban J connectivity index is 1.71. The molecule has 9 heteroatoms. The first-order valence-electron chi connectivity index (χ1n) is 14.0. The highest BCUT2D eigenvalue weighted by Crippen LogP contribution is 2.26. The maximum absolute atomic E-state index is 14.2. The van der Waals surface area contributed by atoms with E-state index in [1.807, 2.05) is 67.6 Å². The highest BCUT2D eigenvalue weighted by atomic mass is 35.5. The van der Waals surface area contributed by atoms with E-state index in [4.69, 9.17) is 11.6 Å². The van der Waals surface area contributed by atoms with Gasteiger partial charge in [-0.3, -0.25) is 13.9 Å². The Labute approximate surface area is 248 Å². The molecule has 0 spiro atoms. The van der Waals surface area contributed by atoms with Crippen molar-refractivity contribution >= 4 is 39.1 Å². The van der Waals surface area contributed by atoms with Crippen molar-refractivity contribution < 1.29 is 18.0 Å². The Hall–Kier alpha value is -3.36. The molecular weight excluding hydrogens is 558 g/mol. The van der Waals surface area contributed by atoms with Gasteiger partial charge in [-0.05, 0) is 48.6 Å². The summed E-state index contributed by atoms with van der Waals surface area (Å²) in [5.41, 5.74) is 2.84. The molecule has 1 saturated carbocycles. The van der Waals surface area contributed by atoms with Crippen molar-refractivity contribution in [1.29, 1.82) is 0 Å². The second kappa shape index (κ2) is 14.0. The van der Waals surface area contributed by atoms with E-state index in [2.05, 4.69) is 5.32 Å². The molecule has 41 heavy (non-hydrogen) atoms. The van der Waals surface area contributed by atoms with Crippen LogP contribution < -0.4 is 9.62 Å². The number of nitrogens with zero attached hydrogens (tertiary/aromatic N) is 2. The molecule has 3 aromatic carbocycles. The second-order valence-electron chi connectivity index (χ2n) is 10.8. The van der Waals surface area contributed by atoms with E-state index in [1.54, 1.807) is 18.2 Å². The first-order chi connectivity index (χ1) is 19.6. The zero-order chi connectivity index (χ0) is 29.4. The minimum Gasteiger partial charge on any atom is -0.352 e. The largest absolute Gasteiger partial charge is 0.352 e. The molecule has 2 amide bonds. The third-order valence-corrected chi connectivity index (χ3v) is 9.09. The van der Waals surface area contributed by atoms with Gasteiger partial charge in [-0.25, -0.2) is 8.42 Å². The molecule has 1 atom stereocenters. The molecule has 1 aliphatic carbocycles. The zero-order valence-corrected chi connectivity index (χ0v) is 25.2. The smallest absolute Gasteiger partial charge is 0.244 e. The Kier molecular flexibility index (Phi) is 10.5. The fraction of sp³-hybridized carbons (Fsp3) is 0.375. The van der Waals surface area contributed by atoms with E-state index >= 15 is 0 Å². The Morgan fingerprint density at radius 3 is 2.12 bits per heavy atom. The normalized spacial score (nSPS) is 14.7. The van der Waals surface area contributed by atoms with Gasteiger partial charge in [0.1, 0.15) is 12.6 Å². The molecule has 0 bridgehead atoms. The summed E-state index contributed by atoms with van der Waals surface area (Å²) in [6.45, 7) is 1.51. The number of amides is 2. The number of nitrogens with one attached hydrogen (secondary N) is 1. The second-order valence-corrected chi connectivity index (χ2v) is 13.1. The van der Waals surface area contributed by atoms with Crippen LogP contribution in [0.25, 0.3) is 0 Å². The number of halogens is 1. The standard InChI is InChI=1S/C32H38ClN3O4S/c1-24-18-19-28(21-29(24)33)36(41(2,39)40)23-31(37)35(22-26-14-8-4-9-15-26)30(20-25-12-6-3-7-13-25)32(38)34-27-16-10-5-11-17-27/h3-4,6-9,12-15,18-19,21,27,30H,5,10-11,16-17,20,22-23H2,1-2H3,(H,34,38). The summed E-state index contributed by atoms with van der Waals surface area (Å²) in [7, 11) is -3.85. The molecule has 1 N–H and O–H groups in total. The summed E-state index contributed by atoms with van der Waals surface area (Å²) < 4.78 is 26.9. The third-order valence-electron chi connectivity index (χ3n) is 7.54. The van der Waals surface area contributed by atoms with Crippen LogP contribution in [0.4, 0.5) is 5.69 Å². The van der Waals surface area contributed by atoms with E-state index in [1.165, 1.54) is 4.90 Å². The summed E-state index contributed by atoms with van der Waals surface area (Å²) in [6, 6.07) is 23.1. The summed E-state index contributed by atoms with van der Waals surface area (Å²) in [5, 5.41) is 3.61. The number of sulfonamides is 1. The molecular formula is C32H38ClN3O4S. The number of aryl methyl sites for hydroxylation is 1. The molecule has 3 aromatic rings. The number of hydrogen-bond donors (Lipinski definition) is 1. The molecule has 0 aliphatic heterocycles. The predicted molar refractivity (Wildman–Crippen MR) is 164 cm³/mol. The fourth-order valence-corrected chi connectivity index (χ4v) is 6.25. The monoisotopic (exact) mass is 595 g/mol. The molecule has 1 aliphatic rings. The van der Waals surface area contributed by atoms with Crippen LogP contribution in [0.15, 0.2) is 78.9 Å². The van der Waals surface area contributed by atoms with Crippen molar-refractivity contribution in [2.24, 2.45) is 0 Å². The van der Waals surface area contributed by atoms with Crippen molar-refractivity contribution in [3.8, 4) is 0 Å². The average molecular weight is 596 g/mol. The topological polar surface area (TPSA) is 86.8 Å². The van der Waals surface area contributed by atoms with Gasteiger partial charge in [0.2, 0.25) is 21.8 Å². The lowest BCUT2D eigenvalue weighted by Gasteiger charge is -2.35. The molecule has 1 fully saturated rings. The van der Waals surface area contributed by atoms with Gasteiger partial charge in [0.25, 0.3) is 0 Å². The van der Waals surface area contributed by atoms with Gasteiger partial charge in [-0.2, -0.15) is 0 Å². The lowest BCUT2D eigenvalue weighted by molar-refractivity contribution is -0.140. The molecule has 0 radical (unpaired) electrons. The predicted octanol–water partition coefficient (Wildman–Crippen LogP) is 5.50. The number of benzene rings is 3. The van der Waals surface area contributed by atoms with Gasteiger partial charge in [0.05, 0.1) is 11.9 Å². The molecule has 0 heterocycles. The highest BCUT2D eigenvalue weighted by Gasteiger charge is 2.34. The van der Waals surface area contributed by atoms with Gasteiger partial charge in [-0.15, -0.1) is 0 Å². The van der Waals surface area contributed by atoms with Crippen LogP contribution in [0.5, 0.6) is 0 Å². The van der Waals surface area contributed by atoms with E-state index in [0.29, 0.717) is 17.1 Å². The average Bonchev–Trinajstić information content (AvgIpc) is 2.96. The first kappa shape index (κ1) is 30.6. The van der Waals surface area contributed by atoms with Crippen LogP contribution >= 0.6 is 11.6 Å². The third kappa shape index (κ3) is 8.57. The minimum absolute atomic E-state index is 0.0606. The van der Waals surface area contributed by atoms with Crippen LogP contribution in [0.2, 0.25) is 5.02 Å². The van der Waals surface area contributed by atoms with Crippen LogP contribution in [-0.2, 0) is 32.6 Å². The molecule has 7 nitrogen and oxygen atoms in total. The van der Waals surface area contributed by atoms with Crippen molar-refractivity contribution in [2.75, 3.05) is 17.1 Å². The fourth-order valence-electron chi connectivity index (χ4n) is 5.23. The van der Waals surface area contributed by atoms with E-state index in [0.717, 1.165) is 59.4 Å². The first-order valence-corrected chi connectivity index (χ1v) is 16.3. The Bertz CT molecular complexity index is 1430. The quantitative estimate of drug-likeness (QED) is 0.317. The number of carbonyl (C=O) groups is 2. The summed E-state index contributed by atoms with van der Waals surface area (Å²) in [4.78, 5) is 29.6. The van der Waals surface area contributed by atoms with Gasteiger partial charge in [0, 0.05) is 24.0 Å². The molecule has 218 valence electrons. The molecule has 4 rings (SSSR count). The van der Waals surface area contributed by atoms with Crippen LogP contribution in [0.1, 0.15) is 48.8 Å². The van der Waals surface area contributed by atoms with Crippen LogP contribution in [-0.4, -0.2) is 50.0 Å². The Morgan fingerprint density at radius 1 is 0.927 bits per heavy atom. The minimum atomic E-state index is -3.85. The van der Waals surface area contributed by atoms with Gasteiger partial charge in [0.15, 0.2) is 0 Å². The number of carbonyl (C=O) groups excluding carboxylic acids is 2. The Morgan fingerprint density at radius 2 is 1.54 bits per heavy atom. The molecule has 1 unspecified atom stereocenters. The number of hydrogen-bond acceptors (Lipinski definition) is 4. The number of anilines is 1. The van der Waals surface area contributed by atoms with Crippen LogP contribution in [0.3, 0.4) is 0 Å². The maximum Gasteiger partial charge on any atom is 0.244 e. The van der Waals surface area contributed by atoms with Gasteiger partial charge in [-0.1, -0.05) is 97.6 Å². The van der Waals surface area contributed by atoms with Crippen molar-refractivity contribution in [1.82, 2.24) is 10.2 Å². The van der Waals surface area contributed by atoms with Gasteiger partial charge < -0.3 is 10.2 Å². The maximum atomic E-state index is 14.2. The SMILES string of the molecule is Cc1ccc(N(CC(=O)N(Cc2ccccc2)C(Cc2ccccc2)C(=O)NC2CCCCC2)S(C)(=O)=O)cc1Cl.